The second kappa shape index (κ2) is 8.49. The van der Waals surface area contributed by atoms with Gasteiger partial charge in [-0.1, -0.05) is 35.9 Å². The van der Waals surface area contributed by atoms with Crippen LogP contribution in [0.5, 0.6) is 0 Å². The molecule has 0 radical (unpaired) electrons. The van der Waals surface area contributed by atoms with Crippen LogP contribution in [0.3, 0.4) is 0 Å². The number of pyridine rings is 1. The molecule has 2 aliphatic rings. The average Bonchev–Trinajstić information content (AvgIpc) is 2.82. The van der Waals surface area contributed by atoms with Gasteiger partial charge in [0.25, 0.3) is 11.8 Å². The Bertz CT molecular complexity index is 1280. The van der Waals surface area contributed by atoms with Gasteiger partial charge in [-0.05, 0) is 55.3 Å². The number of nitriles is 1. The van der Waals surface area contributed by atoms with E-state index in [0.717, 1.165) is 36.5 Å². The van der Waals surface area contributed by atoms with Gasteiger partial charge in [-0.25, -0.2) is 0 Å². The lowest BCUT2D eigenvalue weighted by Gasteiger charge is -2.53. The molecule has 0 bridgehead atoms. The summed E-state index contributed by atoms with van der Waals surface area (Å²) >= 11 is 5.98. The van der Waals surface area contributed by atoms with Crippen molar-refractivity contribution in [3.05, 3.63) is 76.6 Å². The summed E-state index contributed by atoms with van der Waals surface area (Å²) < 4.78 is 0. The molecule has 2 amide bonds. The fourth-order valence-electron chi connectivity index (χ4n) is 5.08. The van der Waals surface area contributed by atoms with Crippen LogP contribution in [0.1, 0.15) is 52.1 Å². The van der Waals surface area contributed by atoms with Crippen LogP contribution in [-0.4, -0.2) is 40.8 Å². The molecule has 1 saturated heterocycles. The number of likely N-dealkylation sites (tertiary alicyclic amines) is 1. The number of hydrogen-bond acceptors (Lipinski definition) is 4. The van der Waals surface area contributed by atoms with Gasteiger partial charge >= 0.3 is 0 Å². The molecule has 1 spiro atoms. The molecule has 0 unspecified atom stereocenters. The minimum absolute atomic E-state index is 0.0637. The number of halogens is 1. The predicted molar refractivity (Wildman–Crippen MR) is 126 cm³/mol. The van der Waals surface area contributed by atoms with Crippen LogP contribution < -0.4 is 5.32 Å². The van der Waals surface area contributed by atoms with Crippen LogP contribution >= 0.6 is 11.6 Å². The molecule has 1 aliphatic heterocycles. The van der Waals surface area contributed by atoms with E-state index in [1.807, 2.05) is 41.3 Å². The second-order valence-corrected chi connectivity index (χ2v) is 9.50. The average molecular weight is 459 g/mol. The SMILES string of the molecule is N#Cc1cc(C(=O)N2CC3(CCC(NC(=O)c4nccc5ccccc45)CC3)C2)ccc1Cl. The Labute approximate surface area is 197 Å². The molecule has 33 heavy (non-hydrogen) atoms. The zero-order valence-corrected chi connectivity index (χ0v) is 18.8. The molecule has 2 aromatic carbocycles. The normalized spacial score (nSPS) is 17.4. The molecular formula is C26H23ClN4O2. The largest absolute Gasteiger partial charge is 0.348 e. The summed E-state index contributed by atoms with van der Waals surface area (Å²) in [6, 6.07) is 16.6. The fraction of sp³-hybridized carbons (Fsp3) is 0.308. The van der Waals surface area contributed by atoms with E-state index in [0.29, 0.717) is 34.9 Å². The van der Waals surface area contributed by atoms with E-state index in [1.54, 1.807) is 24.4 Å². The standard InChI is InChI=1S/C26H23ClN4O2/c27-22-6-5-18(13-19(22)14-28)25(33)31-15-26(16-31)10-7-20(8-11-26)30-24(32)23-21-4-2-1-3-17(21)9-12-29-23/h1-6,9,12-13,20H,7-8,10-11,15-16H2,(H,30,32). The van der Waals surface area contributed by atoms with Gasteiger partial charge in [-0.2, -0.15) is 5.26 Å². The summed E-state index contributed by atoms with van der Waals surface area (Å²) in [6.45, 7) is 1.42. The van der Waals surface area contributed by atoms with E-state index >= 15 is 0 Å². The van der Waals surface area contributed by atoms with Crippen molar-refractivity contribution in [2.24, 2.45) is 5.41 Å². The highest BCUT2D eigenvalue weighted by Gasteiger charge is 2.47. The molecule has 1 N–H and O–H groups in total. The molecular weight excluding hydrogens is 436 g/mol. The van der Waals surface area contributed by atoms with Gasteiger partial charge in [0.15, 0.2) is 0 Å². The van der Waals surface area contributed by atoms with Crippen LogP contribution in [-0.2, 0) is 0 Å². The maximum absolute atomic E-state index is 12.9. The van der Waals surface area contributed by atoms with E-state index in [9.17, 15) is 9.59 Å². The van der Waals surface area contributed by atoms with Crippen molar-refractivity contribution in [1.82, 2.24) is 15.2 Å². The molecule has 3 aromatic rings. The Morgan fingerprint density at radius 1 is 1.12 bits per heavy atom. The molecule has 0 atom stereocenters. The lowest BCUT2D eigenvalue weighted by molar-refractivity contribution is -0.0198. The topological polar surface area (TPSA) is 86.1 Å². The van der Waals surface area contributed by atoms with Gasteiger partial charge in [-0.3, -0.25) is 14.6 Å². The first-order chi connectivity index (χ1) is 16.0. The number of nitrogens with zero attached hydrogens (tertiary/aromatic N) is 3. The highest BCUT2D eigenvalue weighted by molar-refractivity contribution is 6.31. The fourth-order valence-corrected chi connectivity index (χ4v) is 5.24. The number of fused-ring (bicyclic) bond motifs is 1. The number of nitrogens with one attached hydrogen (secondary N) is 1. The van der Waals surface area contributed by atoms with E-state index in [4.69, 9.17) is 16.9 Å². The van der Waals surface area contributed by atoms with Gasteiger partial charge in [0, 0.05) is 41.7 Å². The number of benzene rings is 2. The number of carbonyl (C=O) groups excluding carboxylic acids is 2. The van der Waals surface area contributed by atoms with Crippen LogP contribution in [0, 0.1) is 16.7 Å². The highest BCUT2D eigenvalue weighted by Crippen LogP contribution is 2.44. The molecule has 2 heterocycles. The van der Waals surface area contributed by atoms with Gasteiger partial charge in [0.2, 0.25) is 0 Å². The van der Waals surface area contributed by atoms with Crippen LogP contribution in [0.2, 0.25) is 5.02 Å². The lowest BCUT2D eigenvalue weighted by Crippen LogP contribution is -2.60. The van der Waals surface area contributed by atoms with E-state index in [1.165, 1.54) is 0 Å². The quantitative estimate of drug-likeness (QED) is 0.622. The van der Waals surface area contributed by atoms with Crippen molar-refractivity contribution in [3.8, 4) is 6.07 Å². The zero-order chi connectivity index (χ0) is 23.0. The van der Waals surface area contributed by atoms with Crippen molar-refractivity contribution in [2.45, 2.75) is 31.7 Å². The van der Waals surface area contributed by atoms with Crippen LogP contribution in [0.4, 0.5) is 0 Å². The first-order valence-electron chi connectivity index (χ1n) is 11.1. The van der Waals surface area contributed by atoms with Crippen molar-refractivity contribution in [1.29, 1.82) is 5.26 Å². The predicted octanol–water partition coefficient (Wildman–Crippen LogP) is 4.57. The first-order valence-corrected chi connectivity index (χ1v) is 11.5. The number of hydrogen-bond donors (Lipinski definition) is 1. The van der Waals surface area contributed by atoms with Crippen molar-refractivity contribution in [2.75, 3.05) is 13.1 Å². The molecule has 7 heteroatoms. The van der Waals surface area contributed by atoms with E-state index < -0.39 is 0 Å². The van der Waals surface area contributed by atoms with E-state index in [2.05, 4.69) is 10.3 Å². The van der Waals surface area contributed by atoms with Gasteiger partial charge in [-0.15, -0.1) is 0 Å². The maximum atomic E-state index is 12.9. The summed E-state index contributed by atoms with van der Waals surface area (Å²) in [6.07, 6.45) is 5.38. The molecule has 1 aromatic heterocycles. The zero-order valence-electron chi connectivity index (χ0n) is 18.1. The maximum Gasteiger partial charge on any atom is 0.270 e. The molecule has 6 nitrogen and oxygen atoms in total. The second-order valence-electron chi connectivity index (χ2n) is 9.10. The van der Waals surface area contributed by atoms with Gasteiger partial charge < -0.3 is 10.2 Å². The molecule has 1 aliphatic carbocycles. The minimum Gasteiger partial charge on any atom is -0.348 e. The highest BCUT2D eigenvalue weighted by atomic mass is 35.5. The van der Waals surface area contributed by atoms with Gasteiger partial charge in [0.05, 0.1) is 10.6 Å². The van der Waals surface area contributed by atoms with Gasteiger partial charge in [0.1, 0.15) is 11.8 Å². The minimum atomic E-state index is -0.130. The Hall–Kier alpha value is -3.43. The summed E-state index contributed by atoms with van der Waals surface area (Å²) in [7, 11) is 0. The third-order valence-corrected chi connectivity index (χ3v) is 7.27. The Morgan fingerprint density at radius 2 is 1.88 bits per heavy atom. The lowest BCUT2D eigenvalue weighted by atomic mass is 9.67. The van der Waals surface area contributed by atoms with Crippen LogP contribution in [0.25, 0.3) is 10.8 Å². The summed E-state index contributed by atoms with van der Waals surface area (Å²) in [4.78, 5) is 31.9. The summed E-state index contributed by atoms with van der Waals surface area (Å²) in [5.41, 5.74) is 1.40. The first kappa shape index (κ1) is 21.4. The molecule has 166 valence electrons. The van der Waals surface area contributed by atoms with E-state index in [-0.39, 0.29) is 23.3 Å². The number of aromatic nitrogens is 1. The third kappa shape index (κ3) is 4.05. The number of rotatable bonds is 3. The van der Waals surface area contributed by atoms with Crippen molar-refractivity contribution in [3.63, 3.8) is 0 Å². The summed E-state index contributed by atoms with van der Waals surface area (Å²) in [5, 5.41) is 14.5. The Kier molecular flexibility index (Phi) is 5.51. The monoisotopic (exact) mass is 458 g/mol. The smallest absolute Gasteiger partial charge is 0.270 e. The van der Waals surface area contributed by atoms with Crippen molar-refractivity contribution < 1.29 is 9.59 Å². The van der Waals surface area contributed by atoms with Crippen molar-refractivity contribution >= 4 is 34.2 Å². The number of amides is 2. The number of carbonyl (C=O) groups is 2. The third-order valence-electron chi connectivity index (χ3n) is 6.94. The molecule has 5 rings (SSSR count). The van der Waals surface area contributed by atoms with Crippen LogP contribution in [0.15, 0.2) is 54.7 Å². The molecule has 2 fully saturated rings. The molecule has 1 saturated carbocycles. The summed E-state index contributed by atoms with van der Waals surface area (Å²) in [5.74, 6) is -0.194. The Balaban J connectivity index is 1.17. The Morgan fingerprint density at radius 3 is 2.64 bits per heavy atom.